The van der Waals surface area contributed by atoms with Gasteiger partial charge in [-0.1, -0.05) is 0 Å². The van der Waals surface area contributed by atoms with Gasteiger partial charge in [0.15, 0.2) is 0 Å². The molecule has 3 N–H and O–H groups in total. The monoisotopic (exact) mass is 222 g/mol. The van der Waals surface area contributed by atoms with Crippen LogP contribution >= 0.6 is 0 Å². The van der Waals surface area contributed by atoms with E-state index in [9.17, 15) is 4.79 Å². The third-order valence-corrected chi connectivity index (χ3v) is 2.65. The Morgan fingerprint density at radius 2 is 1.94 bits per heavy atom. The topological polar surface area (TPSA) is 73.6 Å². The molecule has 0 radical (unpaired) electrons. The first-order valence-electron chi connectivity index (χ1n) is 4.97. The van der Waals surface area contributed by atoms with E-state index in [0.717, 1.165) is 5.56 Å². The summed E-state index contributed by atoms with van der Waals surface area (Å²) in [6, 6.07) is 3.18. The zero-order valence-corrected chi connectivity index (χ0v) is 9.24. The zero-order valence-electron chi connectivity index (χ0n) is 9.24. The Labute approximate surface area is 93.5 Å². The number of rotatable bonds is 2. The van der Waals surface area contributed by atoms with Gasteiger partial charge in [0.1, 0.15) is 11.5 Å². The number of methoxy groups -OCH3 is 2. The number of hydrogen-bond donors (Lipinski definition) is 2. The van der Waals surface area contributed by atoms with Gasteiger partial charge in [0.05, 0.1) is 19.9 Å². The van der Waals surface area contributed by atoms with Gasteiger partial charge < -0.3 is 20.5 Å². The van der Waals surface area contributed by atoms with Crippen LogP contribution in [0.2, 0.25) is 0 Å². The Hall–Kier alpha value is -1.75. The highest BCUT2D eigenvalue weighted by atomic mass is 16.5. The van der Waals surface area contributed by atoms with Gasteiger partial charge in [0.2, 0.25) is 5.91 Å². The number of carbonyl (C=O) groups excluding carboxylic acids is 1. The number of carbonyl (C=O) groups is 1. The molecule has 0 saturated carbocycles. The lowest BCUT2D eigenvalue weighted by Gasteiger charge is -2.26. The third-order valence-electron chi connectivity index (χ3n) is 2.65. The maximum Gasteiger partial charge on any atom is 0.226 e. The highest BCUT2D eigenvalue weighted by Crippen LogP contribution is 2.42. The van der Waals surface area contributed by atoms with Crippen LogP contribution in [0, 0.1) is 0 Å². The molecule has 86 valence electrons. The van der Waals surface area contributed by atoms with Crippen molar-refractivity contribution in [1.29, 1.82) is 0 Å². The smallest absolute Gasteiger partial charge is 0.226 e. The van der Waals surface area contributed by atoms with E-state index in [1.807, 2.05) is 0 Å². The van der Waals surface area contributed by atoms with Gasteiger partial charge >= 0.3 is 0 Å². The number of anilines is 1. The summed E-state index contributed by atoms with van der Waals surface area (Å²) in [5.41, 5.74) is 7.35. The lowest BCUT2D eigenvalue weighted by atomic mass is 9.96. The largest absolute Gasteiger partial charge is 0.496 e. The molecule has 0 saturated heterocycles. The molecule has 0 aliphatic carbocycles. The minimum absolute atomic E-state index is 0.105. The van der Waals surface area contributed by atoms with Gasteiger partial charge in [-0.25, -0.2) is 0 Å². The summed E-state index contributed by atoms with van der Waals surface area (Å²) in [7, 11) is 3.12. The Morgan fingerprint density at radius 1 is 1.31 bits per heavy atom. The SMILES string of the molecule is COc1ccc(OC)c2c1NC(=O)CC2N. The van der Waals surface area contributed by atoms with Crippen molar-refractivity contribution in [3.63, 3.8) is 0 Å². The standard InChI is InChI=1S/C11H14N2O3/c1-15-7-3-4-8(16-2)11-10(7)6(12)5-9(14)13-11/h3-4,6H,5,12H2,1-2H3,(H,13,14). The van der Waals surface area contributed by atoms with Crippen LogP contribution in [0.5, 0.6) is 11.5 Å². The summed E-state index contributed by atoms with van der Waals surface area (Å²) in [5, 5.41) is 2.76. The van der Waals surface area contributed by atoms with Crippen LogP contribution in [0.4, 0.5) is 5.69 Å². The first-order valence-corrected chi connectivity index (χ1v) is 4.97. The number of nitrogens with one attached hydrogen (secondary N) is 1. The second-order valence-corrected chi connectivity index (χ2v) is 3.62. The van der Waals surface area contributed by atoms with Crippen molar-refractivity contribution in [2.75, 3.05) is 19.5 Å². The molecular weight excluding hydrogens is 208 g/mol. The molecule has 1 amide bonds. The van der Waals surface area contributed by atoms with Gasteiger partial charge in [-0.15, -0.1) is 0 Å². The molecule has 1 aliphatic rings. The molecule has 1 aromatic carbocycles. The van der Waals surface area contributed by atoms with Gasteiger partial charge in [-0.05, 0) is 12.1 Å². The van der Waals surface area contributed by atoms with Crippen molar-refractivity contribution < 1.29 is 14.3 Å². The average molecular weight is 222 g/mol. The fourth-order valence-electron chi connectivity index (χ4n) is 1.92. The van der Waals surface area contributed by atoms with Crippen LogP contribution in [0.3, 0.4) is 0 Å². The lowest BCUT2D eigenvalue weighted by molar-refractivity contribution is -0.116. The van der Waals surface area contributed by atoms with Gasteiger partial charge in [0, 0.05) is 18.0 Å². The molecule has 2 rings (SSSR count). The molecule has 1 atom stereocenters. The number of hydrogen-bond acceptors (Lipinski definition) is 4. The molecule has 0 spiro atoms. The molecule has 5 nitrogen and oxygen atoms in total. The van der Waals surface area contributed by atoms with E-state index in [1.54, 1.807) is 26.4 Å². The maximum atomic E-state index is 11.4. The summed E-state index contributed by atoms with van der Waals surface area (Å²) in [5.74, 6) is 1.16. The van der Waals surface area contributed by atoms with Crippen LogP contribution in [0.25, 0.3) is 0 Å². The number of fused-ring (bicyclic) bond motifs is 1. The van der Waals surface area contributed by atoms with Crippen molar-refractivity contribution in [3.8, 4) is 11.5 Å². The Kier molecular flexibility index (Phi) is 2.70. The van der Waals surface area contributed by atoms with E-state index in [1.165, 1.54) is 0 Å². The molecule has 0 aromatic heterocycles. The second-order valence-electron chi connectivity index (χ2n) is 3.62. The van der Waals surface area contributed by atoms with Crippen LogP contribution in [-0.4, -0.2) is 20.1 Å². The van der Waals surface area contributed by atoms with Gasteiger partial charge in [0.25, 0.3) is 0 Å². The van der Waals surface area contributed by atoms with Crippen molar-refractivity contribution in [3.05, 3.63) is 17.7 Å². The van der Waals surface area contributed by atoms with Crippen molar-refractivity contribution >= 4 is 11.6 Å². The quantitative estimate of drug-likeness (QED) is 0.784. The number of ether oxygens (including phenoxy) is 2. The first kappa shape index (κ1) is 10.8. The summed E-state index contributed by atoms with van der Waals surface area (Å²) >= 11 is 0. The molecule has 5 heteroatoms. The predicted octanol–water partition coefficient (Wildman–Crippen LogP) is 1.05. The number of benzene rings is 1. The van der Waals surface area contributed by atoms with Crippen LogP contribution in [0.15, 0.2) is 12.1 Å². The summed E-state index contributed by atoms with van der Waals surface area (Å²) in [6.07, 6.45) is 0.260. The second kappa shape index (κ2) is 4.02. The van der Waals surface area contributed by atoms with E-state index in [2.05, 4.69) is 5.32 Å². The van der Waals surface area contributed by atoms with Crippen LogP contribution < -0.4 is 20.5 Å². The average Bonchev–Trinajstić information content (AvgIpc) is 2.27. The van der Waals surface area contributed by atoms with Gasteiger partial charge in [-0.3, -0.25) is 4.79 Å². The molecule has 1 aliphatic heterocycles. The third kappa shape index (κ3) is 1.59. The molecule has 16 heavy (non-hydrogen) atoms. The summed E-state index contributed by atoms with van der Waals surface area (Å²) < 4.78 is 10.4. The Balaban J connectivity index is 2.60. The van der Waals surface area contributed by atoms with Gasteiger partial charge in [-0.2, -0.15) is 0 Å². The van der Waals surface area contributed by atoms with Crippen molar-refractivity contribution in [2.24, 2.45) is 5.73 Å². The Bertz CT molecular complexity index is 431. The van der Waals surface area contributed by atoms with Crippen LogP contribution in [-0.2, 0) is 4.79 Å². The fourth-order valence-corrected chi connectivity index (χ4v) is 1.92. The zero-order chi connectivity index (χ0) is 11.7. The first-order chi connectivity index (χ1) is 7.67. The predicted molar refractivity (Wildman–Crippen MR) is 59.7 cm³/mol. The van der Waals surface area contributed by atoms with E-state index >= 15 is 0 Å². The fraction of sp³-hybridized carbons (Fsp3) is 0.364. The summed E-state index contributed by atoms with van der Waals surface area (Å²) in [6.45, 7) is 0. The normalized spacial score (nSPS) is 18.7. The van der Waals surface area contributed by atoms with E-state index < -0.39 is 0 Å². The van der Waals surface area contributed by atoms with Crippen LogP contribution in [0.1, 0.15) is 18.0 Å². The molecule has 1 aromatic rings. The van der Waals surface area contributed by atoms with Crippen molar-refractivity contribution in [1.82, 2.24) is 0 Å². The molecule has 1 heterocycles. The van der Waals surface area contributed by atoms with Crippen molar-refractivity contribution in [2.45, 2.75) is 12.5 Å². The number of nitrogens with two attached hydrogens (primary N) is 1. The van der Waals surface area contributed by atoms with E-state index in [0.29, 0.717) is 17.2 Å². The number of amides is 1. The molecule has 0 fully saturated rings. The minimum atomic E-state index is -0.353. The minimum Gasteiger partial charge on any atom is -0.496 e. The molecule has 1 unspecified atom stereocenters. The Morgan fingerprint density at radius 3 is 2.56 bits per heavy atom. The lowest BCUT2D eigenvalue weighted by Crippen LogP contribution is -2.28. The highest BCUT2D eigenvalue weighted by Gasteiger charge is 2.28. The van der Waals surface area contributed by atoms with E-state index in [4.69, 9.17) is 15.2 Å². The highest BCUT2D eigenvalue weighted by molar-refractivity contribution is 5.97. The molecular formula is C11H14N2O3. The van der Waals surface area contributed by atoms with E-state index in [-0.39, 0.29) is 18.4 Å². The maximum absolute atomic E-state index is 11.4. The molecule has 0 bridgehead atoms. The summed E-state index contributed by atoms with van der Waals surface area (Å²) in [4.78, 5) is 11.4.